The molecule has 7 nitrogen and oxygen atoms in total. The maximum absolute atomic E-state index is 12.1. The molecule has 0 aliphatic rings. The summed E-state index contributed by atoms with van der Waals surface area (Å²) in [5, 5.41) is 13.3. The van der Waals surface area contributed by atoms with Crippen molar-refractivity contribution in [3.05, 3.63) is 64.9 Å². The van der Waals surface area contributed by atoms with Crippen LogP contribution in [0.4, 0.5) is 0 Å². The van der Waals surface area contributed by atoms with Crippen molar-refractivity contribution < 1.29 is 4.79 Å². The van der Waals surface area contributed by atoms with Crippen molar-refractivity contribution in [3.8, 4) is 11.4 Å². The maximum atomic E-state index is 12.1. The normalized spacial score (nSPS) is 11.1. The SMILES string of the molecule is C=C(C)Cn1c(SCC(=O)N/N=C/c2cccn2C)nnc1-c1ccc(Br)cc1. The van der Waals surface area contributed by atoms with Crippen LogP contribution in [-0.4, -0.2) is 37.2 Å². The van der Waals surface area contributed by atoms with Crippen molar-refractivity contribution in [3.63, 3.8) is 0 Å². The molecule has 0 saturated carbocycles. The zero-order valence-corrected chi connectivity index (χ0v) is 18.6. The fourth-order valence-corrected chi connectivity index (χ4v) is 3.56. The molecule has 29 heavy (non-hydrogen) atoms. The first-order valence-corrected chi connectivity index (χ1v) is 10.6. The monoisotopic (exact) mass is 472 g/mol. The van der Waals surface area contributed by atoms with Crippen LogP contribution in [0.1, 0.15) is 12.6 Å². The highest BCUT2D eigenvalue weighted by Gasteiger charge is 2.15. The average molecular weight is 473 g/mol. The smallest absolute Gasteiger partial charge is 0.250 e. The Bertz CT molecular complexity index is 1040. The highest BCUT2D eigenvalue weighted by Crippen LogP contribution is 2.26. The Labute approximate surface area is 182 Å². The number of carbonyl (C=O) groups excluding carboxylic acids is 1. The number of amides is 1. The number of thioether (sulfide) groups is 1. The first-order valence-electron chi connectivity index (χ1n) is 8.83. The van der Waals surface area contributed by atoms with E-state index >= 15 is 0 Å². The molecule has 1 N–H and O–H groups in total. The van der Waals surface area contributed by atoms with E-state index in [2.05, 4.69) is 43.2 Å². The van der Waals surface area contributed by atoms with Crippen LogP contribution >= 0.6 is 27.7 Å². The summed E-state index contributed by atoms with van der Waals surface area (Å²) in [6.45, 7) is 6.52. The Hall–Kier alpha value is -2.65. The van der Waals surface area contributed by atoms with E-state index < -0.39 is 0 Å². The van der Waals surface area contributed by atoms with Crippen molar-refractivity contribution in [2.75, 3.05) is 5.75 Å². The Morgan fingerprint density at radius 1 is 1.31 bits per heavy atom. The number of aryl methyl sites for hydroxylation is 1. The zero-order chi connectivity index (χ0) is 20.8. The number of hydrogen-bond acceptors (Lipinski definition) is 5. The fourth-order valence-electron chi connectivity index (χ4n) is 2.56. The molecule has 9 heteroatoms. The molecule has 2 aromatic heterocycles. The predicted molar refractivity (Wildman–Crippen MR) is 120 cm³/mol. The van der Waals surface area contributed by atoms with Gasteiger partial charge in [-0.2, -0.15) is 5.10 Å². The number of nitrogens with zero attached hydrogens (tertiary/aromatic N) is 5. The van der Waals surface area contributed by atoms with Gasteiger partial charge in [0.25, 0.3) is 5.91 Å². The maximum Gasteiger partial charge on any atom is 0.250 e. The van der Waals surface area contributed by atoms with Crippen LogP contribution in [0.2, 0.25) is 0 Å². The Kier molecular flexibility index (Phi) is 7.05. The number of carbonyl (C=O) groups is 1. The third-order valence-electron chi connectivity index (χ3n) is 3.95. The third-order valence-corrected chi connectivity index (χ3v) is 5.45. The first kappa shape index (κ1) is 21.1. The van der Waals surface area contributed by atoms with Crippen LogP contribution in [0.15, 0.2) is 69.5 Å². The quantitative estimate of drug-likeness (QED) is 0.233. The number of aromatic nitrogens is 4. The van der Waals surface area contributed by atoms with Crippen LogP contribution < -0.4 is 5.43 Å². The Balaban J connectivity index is 1.67. The fraction of sp³-hybridized carbons (Fsp3) is 0.200. The molecule has 0 fully saturated rings. The van der Waals surface area contributed by atoms with Gasteiger partial charge in [-0.3, -0.25) is 9.36 Å². The summed E-state index contributed by atoms with van der Waals surface area (Å²) >= 11 is 4.76. The minimum atomic E-state index is -0.212. The lowest BCUT2D eigenvalue weighted by Crippen LogP contribution is -2.20. The molecular formula is C20H21BrN6OS. The minimum absolute atomic E-state index is 0.180. The van der Waals surface area contributed by atoms with Crippen LogP contribution in [0.5, 0.6) is 0 Å². The molecule has 0 spiro atoms. The highest BCUT2D eigenvalue weighted by atomic mass is 79.9. The largest absolute Gasteiger partial charge is 0.350 e. The van der Waals surface area contributed by atoms with Gasteiger partial charge in [-0.15, -0.1) is 10.2 Å². The van der Waals surface area contributed by atoms with Crippen molar-refractivity contribution in [2.24, 2.45) is 12.1 Å². The number of halogens is 1. The predicted octanol–water partition coefficient (Wildman–Crippen LogP) is 3.86. The summed E-state index contributed by atoms with van der Waals surface area (Å²) in [5.74, 6) is 0.708. The molecule has 3 rings (SSSR count). The minimum Gasteiger partial charge on any atom is -0.350 e. The summed E-state index contributed by atoms with van der Waals surface area (Å²) < 4.78 is 4.87. The van der Waals surface area contributed by atoms with Crippen molar-refractivity contribution in [2.45, 2.75) is 18.6 Å². The van der Waals surface area contributed by atoms with Gasteiger partial charge in [0.05, 0.1) is 17.7 Å². The van der Waals surface area contributed by atoms with E-state index in [4.69, 9.17) is 0 Å². The molecular weight excluding hydrogens is 452 g/mol. The molecule has 0 atom stereocenters. The van der Waals surface area contributed by atoms with Crippen molar-refractivity contribution in [1.29, 1.82) is 0 Å². The Morgan fingerprint density at radius 2 is 2.07 bits per heavy atom. The lowest BCUT2D eigenvalue weighted by Gasteiger charge is -2.10. The van der Waals surface area contributed by atoms with Crippen LogP contribution in [0.25, 0.3) is 11.4 Å². The molecule has 0 radical (unpaired) electrons. The highest BCUT2D eigenvalue weighted by molar-refractivity contribution is 9.10. The van der Waals surface area contributed by atoms with Gasteiger partial charge in [0.15, 0.2) is 11.0 Å². The van der Waals surface area contributed by atoms with E-state index in [1.165, 1.54) is 11.8 Å². The van der Waals surface area contributed by atoms with Gasteiger partial charge in [0.1, 0.15) is 0 Å². The van der Waals surface area contributed by atoms with Crippen molar-refractivity contribution >= 4 is 39.8 Å². The lowest BCUT2D eigenvalue weighted by atomic mass is 10.2. The van der Waals surface area contributed by atoms with Crippen LogP contribution in [0.3, 0.4) is 0 Å². The van der Waals surface area contributed by atoms with Gasteiger partial charge >= 0.3 is 0 Å². The van der Waals surface area contributed by atoms with Gasteiger partial charge in [0.2, 0.25) is 0 Å². The molecule has 0 aliphatic heterocycles. The molecule has 3 aromatic rings. The lowest BCUT2D eigenvalue weighted by molar-refractivity contribution is -0.118. The van der Waals surface area contributed by atoms with Gasteiger partial charge in [0, 0.05) is 29.8 Å². The zero-order valence-electron chi connectivity index (χ0n) is 16.2. The number of nitrogens with one attached hydrogen (secondary N) is 1. The molecule has 0 unspecified atom stereocenters. The van der Waals surface area contributed by atoms with E-state index in [9.17, 15) is 4.79 Å². The standard InChI is InChI=1S/C20H21BrN6OS/c1-14(2)12-27-19(15-6-8-16(21)9-7-15)24-25-20(27)29-13-18(28)23-22-11-17-5-4-10-26(17)3/h4-11H,1,12-13H2,2-3H3,(H,23,28)/b22-11+. The molecule has 1 aromatic carbocycles. The second kappa shape index (κ2) is 9.71. The van der Waals surface area contributed by atoms with E-state index in [-0.39, 0.29) is 11.7 Å². The van der Waals surface area contributed by atoms with Gasteiger partial charge in [-0.05, 0) is 31.2 Å². The summed E-state index contributed by atoms with van der Waals surface area (Å²) in [6, 6.07) is 11.7. The molecule has 1 amide bonds. The molecule has 2 heterocycles. The molecule has 0 saturated heterocycles. The summed E-state index contributed by atoms with van der Waals surface area (Å²) in [6.07, 6.45) is 3.52. The third kappa shape index (κ3) is 5.68. The Morgan fingerprint density at radius 3 is 2.72 bits per heavy atom. The summed E-state index contributed by atoms with van der Waals surface area (Å²) in [4.78, 5) is 12.1. The summed E-state index contributed by atoms with van der Waals surface area (Å²) in [5.41, 5.74) is 5.36. The van der Waals surface area contributed by atoms with E-state index in [0.29, 0.717) is 11.7 Å². The van der Waals surface area contributed by atoms with Gasteiger partial charge < -0.3 is 4.57 Å². The van der Waals surface area contributed by atoms with Crippen LogP contribution in [-0.2, 0) is 18.4 Å². The number of allylic oxidation sites excluding steroid dienone is 1. The first-order chi connectivity index (χ1) is 13.9. The second-order valence-electron chi connectivity index (χ2n) is 6.48. The number of hydrazone groups is 1. The van der Waals surface area contributed by atoms with Gasteiger partial charge in [-0.25, -0.2) is 5.43 Å². The molecule has 150 valence electrons. The van der Waals surface area contributed by atoms with E-state index in [0.717, 1.165) is 27.1 Å². The van der Waals surface area contributed by atoms with Gasteiger partial charge in [-0.1, -0.05) is 52.0 Å². The number of hydrogen-bond donors (Lipinski definition) is 1. The second-order valence-corrected chi connectivity index (χ2v) is 8.34. The number of benzene rings is 1. The van der Waals surface area contributed by atoms with Crippen LogP contribution in [0, 0.1) is 0 Å². The topological polar surface area (TPSA) is 77.1 Å². The average Bonchev–Trinajstić information content (AvgIpc) is 3.27. The molecule has 0 bridgehead atoms. The van der Waals surface area contributed by atoms with E-state index in [1.807, 2.05) is 65.7 Å². The molecule has 0 aliphatic carbocycles. The number of rotatable bonds is 8. The summed E-state index contributed by atoms with van der Waals surface area (Å²) in [7, 11) is 1.91. The van der Waals surface area contributed by atoms with Crippen molar-refractivity contribution in [1.82, 2.24) is 24.8 Å². The van der Waals surface area contributed by atoms with E-state index in [1.54, 1.807) is 6.21 Å².